The van der Waals surface area contributed by atoms with Crippen LogP contribution >= 0.6 is 11.3 Å². The number of carboxylic acid groups (broad SMARTS) is 1. The van der Waals surface area contributed by atoms with Gasteiger partial charge in [-0.1, -0.05) is 48.6 Å². The molecule has 10 heteroatoms. The van der Waals surface area contributed by atoms with Crippen LogP contribution in [-0.4, -0.2) is 31.5 Å². The average Bonchev–Trinajstić information content (AvgIpc) is 3.39. The minimum atomic E-state index is -4.54. The smallest absolute Gasteiger partial charge is 0.427 e. The topological polar surface area (TPSA) is 91.8 Å². The predicted molar refractivity (Wildman–Crippen MR) is 99.4 cm³/mol. The van der Waals surface area contributed by atoms with Crippen molar-refractivity contribution in [3.05, 3.63) is 81.6 Å². The van der Waals surface area contributed by atoms with Crippen LogP contribution in [-0.2, 0) is 11.6 Å². The van der Waals surface area contributed by atoms with Crippen molar-refractivity contribution in [1.29, 1.82) is 0 Å². The summed E-state index contributed by atoms with van der Waals surface area (Å²) in [5, 5.41) is 19.4. The lowest BCUT2D eigenvalue weighted by molar-refractivity contribution is -0.134. The molecule has 148 valence electrons. The van der Waals surface area contributed by atoms with E-state index in [2.05, 4.69) is 20.4 Å². The van der Waals surface area contributed by atoms with Gasteiger partial charge in [-0.25, -0.2) is 9.78 Å². The Kier molecular flexibility index (Phi) is 4.58. The molecule has 6 nitrogen and oxygen atoms in total. The summed E-state index contributed by atoms with van der Waals surface area (Å²) < 4.78 is 39.4. The number of halogens is 3. The van der Waals surface area contributed by atoms with Gasteiger partial charge in [0, 0.05) is 0 Å². The summed E-state index contributed by atoms with van der Waals surface area (Å²) in [6, 6.07) is 9.45. The van der Waals surface area contributed by atoms with Gasteiger partial charge in [0.05, 0.1) is 11.6 Å². The number of aromatic carboxylic acids is 1. The van der Waals surface area contributed by atoms with Gasteiger partial charge in [-0.2, -0.15) is 23.5 Å². The third-order valence-corrected chi connectivity index (χ3v) is 5.86. The molecule has 2 aromatic heterocycles. The van der Waals surface area contributed by atoms with Gasteiger partial charge >= 0.3 is 12.1 Å². The Morgan fingerprint density at radius 1 is 1.21 bits per heavy atom. The highest BCUT2D eigenvalue weighted by Gasteiger charge is 2.44. The van der Waals surface area contributed by atoms with Crippen molar-refractivity contribution in [1.82, 2.24) is 20.4 Å². The highest BCUT2D eigenvalue weighted by Crippen LogP contribution is 2.45. The highest BCUT2D eigenvalue weighted by atomic mass is 32.1. The summed E-state index contributed by atoms with van der Waals surface area (Å²) in [6.45, 7) is 0. The van der Waals surface area contributed by atoms with Crippen LogP contribution in [0.3, 0.4) is 0 Å². The Balaban J connectivity index is 1.83. The summed E-state index contributed by atoms with van der Waals surface area (Å²) >= 11 is 0.470. The van der Waals surface area contributed by atoms with Gasteiger partial charge in [0.25, 0.3) is 0 Å². The first-order valence-electron chi connectivity index (χ1n) is 8.44. The van der Waals surface area contributed by atoms with E-state index in [1.165, 1.54) is 0 Å². The largest absolute Gasteiger partial charge is 0.476 e. The van der Waals surface area contributed by atoms with Crippen LogP contribution in [0.2, 0.25) is 0 Å². The normalized spacial score (nSPS) is 19.2. The quantitative estimate of drug-likeness (QED) is 0.659. The molecule has 0 fully saturated rings. The van der Waals surface area contributed by atoms with Crippen molar-refractivity contribution in [2.24, 2.45) is 0 Å². The van der Waals surface area contributed by atoms with E-state index in [0.717, 1.165) is 17.3 Å². The van der Waals surface area contributed by atoms with Gasteiger partial charge in [0.2, 0.25) is 0 Å². The van der Waals surface area contributed by atoms with Crippen LogP contribution < -0.4 is 0 Å². The zero-order valence-corrected chi connectivity index (χ0v) is 15.5. The molecule has 1 aliphatic carbocycles. The third kappa shape index (κ3) is 3.35. The number of H-pyrrole nitrogens is 1. The zero-order chi connectivity index (χ0) is 20.6. The number of hydrogen-bond acceptors (Lipinski definition) is 5. The highest BCUT2D eigenvalue weighted by molar-refractivity contribution is 7.11. The number of carbonyl (C=O) groups is 1. The number of nitrogens with zero attached hydrogens (tertiary/aromatic N) is 3. The van der Waals surface area contributed by atoms with Crippen LogP contribution in [0.1, 0.15) is 38.1 Å². The second-order valence-corrected chi connectivity index (χ2v) is 7.42. The third-order valence-electron chi connectivity index (χ3n) is 4.64. The zero-order valence-electron chi connectivity index (χ0n) is 14.6. The molecule has 0 saturated heterocycles. The molecule has 1 atom stereocenters. The standard InChI is InChI=1S/C19H13F3N4O2S/c20-19(21,22)13-10-23-17(29-13)18(15-14(16(27)28)24-26-25-15)8-6-12(7-9-18)11-4-2-1-3-5-11/h1-8,10H,9H2,(H,27,28)(H,24,25,26). The van der Waals surface area contributed by atoms with Crippen LogP contribution in [0.15, 0.2) is 54.8 Å². The number of aromatic amines is 1. The molecule has 4 rings (SSSR count). The van der Waals surface area contributed by atoms with Gasteiger partial charge in [-0.15, -0.1) is 16.4 Å². The van der Waals surface area contributed by atoms with Gasteiger partial charge in [0.15, 0.2) is 5.69 Å². The molecular weight excluding hydrogens is 405 g/mol. The number of nitrogens with one attached hydrogen (secondary N) is 1. The van der Waals surface area contributed by atoms with E-state index in [9.17, 15) is 23.1 Å². The van der Waals surface area contributed by atoms with Gasteiger partial charge in [-0.3, -0.25) is 0 Å². The SMILES string of the molecule is O=C(O)c1n[nH]nc1C1(c2ncc(C(F)(F)F)s2)C=CC(c2ccccc2)=CC1. The predicted octanol–water partition coefficient (Wildman–Crippen LogP) is 4.31. The maximum absolute atomic E-state index is 13.1. The Labute approximate surface area is 166 Å². The summed E-state index contributed by atoms with van der Waals surface area (Å²) in [4.78, 5) is 14.7. The Bertz CT molecular complexity index is 1120. The molecule has 2 N–H and O–H groups in total. The molecule has 0 spiro atoms. The lowest BCUT2D eigenvalue weighted by Crippen LogP contribution is -2.29. The monoisotopic (exact) mass is 418 g/mol. The number of allylic oxidation sites excluding steroid dienone is 4. The van der Waals surface area contributed by atoms with E-state index >= 15 is 0 Å². The Morgan fingerprint density at radius 3 is 2.55 bits per heavy atom. The minimum absolute atomic E-state index is 0.0210. The van der Waals surface area contributed by atoms with E-state index in [0.29, 0.717) is 11.3 Å². The number of rotatable bonds is 4. The molecule has 29 heavy (non-hydrogen) atoms. The molecule has 2 heterocycles. The van der Waals surface area contributed by atoms with Crippen molar-refractivity contribution in [2.45, 2.75) is 18.0 Å². The maximum atomic E-state index is 13.1. The van der Waals surface area contributed by atoms with Crippen LogP contribution in [0, 0.1) is 0 Å². The van der Waals surface area contributed by atoms with Gasteiger partial charge < -0.3 is 5.11 Å². The van der Waals surface area contributed by atoms with Crippen molar-refractivity contribution in [2.75, 3.05) is 0 Å². The summed E-state index contributed by atoms with van der Waals surface area (Å²) in [5.74, 6) is -1.33. The Hall–Kier alpha value is -3.27. The van der Waals surface area contributed by atoms with Crippen molar-refractivity contribution in [3.63, 3.8) is 0 Å². The van der Waals surface area contributed by atoms with E-state index in [1.807, 2.05) is 36.4 Å². The lowest BCUT2D eigenvalue weighted by Gasteiger charge is -2.29. The molecule has 0 bridgehead atoms. The number of thiazole rings is 1. The maximum Gasteiger partial charge on any atom is 0.427 e. The first kappa shape index (κ1) is 19.1. The van der Waals surface area contributed by atoms with E-state index < -0.39 is 22.4 Å². The number of aromatic nitrogens is 4. The second kappa shape index (κ2) is 6.96. The number of carboxylic acids is 1. The van der Waals surface area contributed by atoms with E-state index in [4.69, 9.17) is 0 Å². The van der Waals surface area contributed by atoms with Crippen molar-refractivity contribution >= 4 is 22.9 Å². The molecule has 0 amide bonds. The summed E-state index contributed by atoms with van der Waals surface area (Å²) in [6.07, 6.45) is 1.63. The fraction of sp³-hybridized carbons (Fsp3) is 0.158. The van der Waals surface area contributed by atoms with Crippen molar-refractivity contribution in [3.8, 4) is 0 Å². The number of hydrogen-bond donors (Lipinski definition) is 2. The second-order valence-electron chi connectivity index (χ2n) is 6.39. The minimum Gasteiger partial charge on any atom is -0.476 e. The number of alkyl halides is 3. The van der Waals surface area contributed by atoms with Crippen LogP contribution in [0.4, 0.5) is 13.2 Å². The van der Waals surface area contributed by atoms with Crippen LogP contribution in [0.25, 0.3) is 5.57 Å². The molecule has 0 saturated carbocycles. The first-order valence-corrected chi connectivity index (χ1v) is 9.26. The molecule has 1 unspecified atom stereocenters. The summed E-state index contributed by atoms with van der Waals surface area (Å²) in [7, 11) is 0. The van der Waals surface area contributed by atoms with Gasteiger partial charge in [0.1, 0.15) is 15.6 Å². The molecule has 0 radical (unpaired) electrons. The molecule has 0 aliphatic heterocycles. The summed E-state index contributed by atoms with van der Waals surface area (Å²) in [5.41, 5.74) is 0.204. The molecule has 1 aliphatic rings. The first-order chi connectivity index (χ1) is 13.8. The van der Waals surface area contributed by atoms with Crippen molar-refractivity contribution < 1.29 is 23.1 Å². The van der Waals surface area contributed by atoms with E-state index in [-0.39, 0.29) is 22.8 Å². The van der Waals surface area contributed by atoms with Gasteiger partial charge in [-0.05, 0) is 17.6 Å². The fourth-order valence-corrected chi connectivity index (χ4v) is 4.19. The van der Waals surface area contributed by atoms with E-state index in [1.54, 1.807) is 12.2 Å². The fourth-order valence-electron chi connectivity index (χ4n) is 3.22. The Morgan fingerprint density at radius 2 is 1.97 bits per heavy atom. The lowest BCUT2D eigenvalue weighted by atomic mass is 9.76. The van der Waals surface area contributed by atoms with Crippen LogP contribution in [0.5, 0.6) is 0 Å². The molecule has 3 aromatic rings. The average molecular weight is 418 g/mol. The number of benzene rings is 1. The molecular formula is C19H13F3N4O2S. The molecule has 1 aromatic carbocycles.